The number of nitrogens with one attached hydrogen (secondary N) is 2. The van der Waals surface area contributed by atoms with Gasteiger partial charge in [0.2, 0.25) is 0 Å². The standard InChI is InChI=1S/C22H22N6O3/c1-22(2)20(30)28(21(31)26-22)12-16-5-9-18(10-6-16)25-19(29)17-7-3-15(4-8-17)11-27-14-23-13-24-27/h3-10,13-14H,11-12H2,1-2H3,(H,25,29)(H,26,31). The topological polar surface area (TPSA) is 109 Å². The predicted octanol–water partition coefficient (Wildman–Crippen LogP) is 2.41. The number of carbonyl (C=O) groups excluding carboxylic acids is 3. The van der Waals surface area contributed by atoms with Crippen molar-refractivity contribution < 1.29 is 14.4 Å². The fourth-order valence-electron chi connectivity index (χ4n) is 3.30. The summed E-state index contributed by atoms with van der Waals surface area (Å²) in [5.41, 5.74) is 2.06. The van der Waals surface area contributed by atoms with Crippen molar-refractivity contribution in [2.45, 2.75) is 32.5 Å². The molecule has 1 aromatic heterocycles. The third-order valence-corrected chi connectivity index (χ3v) is 5.02. The Bertz CT molecular complexity index is 1110. The summed E-state index contributed by atoms with van der Waals surface area (Å²) in [6, 6.07) is 13.9. The molecular formula is C22H22N6O3. The van der Waals surface area contributed by atoms with E-state index < -0.39 is 11.6 Å². The van der Waals surface area contributed by atoms with Crippen LogP contribution in [-0.4, -0.2) is 43.0 Å². The fraction of sp³-hybridized carbons (Fsp3) is 0.227. The molecule has 2 N–H and O–H groups in total. The maximum Gasteiger partial charge on any atom is 0.325 e. The molecule has 2 aromatic carbocycles. The zero-order valence-electron chi connectivity index (χ0n) is 17.2. The molecule has 0 saturated carbocycles. The van der Waals surface area contributed by atoms with Crippen LogP contribution in [0, 0.1) is 0 Å². The summed E-state index contributed by atoms with van der Waals surface area (Å²) < 4.78 is 1.71. The minimum Gasteiger partial charge on any atom is -0.324 e. The summed E-state index contributed by atoms with van der Waals surface area (Å²) >= 11 is 0. The van der Waals surface area contributed by atoms with Crippen LogP contribution in [0.25, 0.3) is 0 Å². The highest BCUT2D eigenvalue weighted by molar-refractivity contribution is 6.06. The summed E-state index contributed by atoms with van der Waals surface area (Å²) in [6.45, 7) is 4.10. The summed E-state index contributed by atoms with van der Waals surface area (Å²) in [4.78, 5) is 41.9. The van der Waals surface area contributed by atoms with Gasteiger partial charge in [0.25, 0.3) is 11.8 Å². The van der Waals surface area contributed by atoms with Gasteiger partial charge in [0.05, 0.1) is 13.1 Å². The van der Waals surface area contributed by atoms with Crippen LogP contribution in [0.2, 0.25) is 0 Å². The number of amides is 4. The number of benzene rings is 2. The number of nitrogens with zero attached hydrogens (tertiary/aromatic N) is 4. The number of aromatic nitrogens is 3. The average molecular weight is 418 g/mol. The Labute approximate surface area is 179 Å². The number of hydrogen-bond acceptors (Lipinski definition) is 5. The molecule has 9 heteroatoms. The molecule has 0 aliphatic carbocycles. The molecule has 1 saturated heterocycles. The molecule has 1 fully saturated rings. The van der Waals surface area contributed by atoms with Crippen molar-refractivity contribution in [2.24, 2.45) is 0 Å². The van der Waals surface area contributed by atoms with Crippen LogP contribution < -0.4 is 10.6 Å². The Kier molecular flexibility index (Phi) is 5.24. The highest BCUT2D eigenvalue weighted by atomic mass is 16.2. The highest BCUT2D eigenvalue weighted by Crippen LogP contribution is 2.20. The summed E-state index contributed by atoms with van der Waals surface area (Å²) in [5, 5.41) is 9.57. The normalized spacial score (nSPS) is 15.1. The Hall–Kier alpha value is -4.01. The third-order valence-electron chi connectivity index (χ3n) is 5.02. The molecule has 158 valence electrons. The van der Waals surface area contributed by atoms with Crippen molar-refractivity contribution in [3.8, 4) is 0 Å². The number of anilines is 1. The number of hydrogen-bond donors (Lipinski definition) is 2. The molecule has 0 unspecified atom stereocenters. The van der Waals surface area contributed by atoms with Gasteiger partial charge < -0.3 is 10.6 Å². The Morgan fingerprint density at radius 1 is 1.00 bits per heavy atom. The second kappa shape index (κ2) is 8.02. The van der Waals surface area contributed by atoms with Gasteiger partial charge in [0.1, 0.15) is 18.2 Å². The maximum atomic E-state index is 12.5. The van der Waals surface area contributed by atoms with E-state index in [0.29, 0.717) is 17.8 Å². The van der Waals surface area contributed by atoms with Crippen LogP contribution in [0.1, 0.15) is 35.3 Å². The van der Waals surface area contributed by atoms with Crippen molar-refractivity contribution in [3.63, 3.8) is 0 Å². The molecule has 1 aliphatic rings. The van der Waals surface area contributed by atoms with Gasteiger partial charge in [-0.3, -0.25) is 14.5 Å². The molecule has 0 spiro atoms. The van der Waals surface area contributed by atoms with E-state index >= 15 is 0 Å². The van der Waals surface area contributed by atoms with E-state index in [1.54, 1.807) is 61.3 Å². The second-order valence-corrected chi connectivity index (χ2v) is 7.89. The Balaban J connectivity index is 1.36. The Morgan fingerprint density at radius 3 is 2.23 bits per heavy atom. The van der Waals surface area contributed by atoms with E-state index in [1.807, 2.05) is 12.1 Å². The van der Waals surface area contributed by atoms with Crippen molar-refractivity contribution in [3.05, 3.63) is 77.9 Å². The SMILES string of the molecule is CC1(C)NC(=O)N(Cc2ccc(NC(=O)c3ccc(Cn4cncn4)cc3)cc2)C1=O. The van der Waals surface area contributed by atoms with Crippen LogP contribution in [0.3, 0.4) is 0 Å². The molecule has 9 nitrogen and oxygen atoms in total. The number of urea groups is 1. The van der Waals surface area contributed by atoms with Gasteiger partial charge in [0, 0.05) is 11.3 Å². The smallest absolute Gasteiger partial charge is 0.324 e. The van der Waals surface area contributed by atoms with Crippen LogP contribution in [0.5, 0.6) is 0 Å². The zero-order valence-corrected chi connectivity index (χ0v) is 17.2. The lowest BCUT2D eigenvalue weighted by molar-refractivity contribution is -0.130. The molecule has 0 atom stereocenters. The molecule has 4 rings (SSSR count). The van der Waals surface area contributed by atoms with Crippen LogP contribution in [0.15, 0.2) is 61.2 Å². The first-order valence-electron chi connectivity index (χ1n) is 9.77. The van der Waals surface area contributed by atoms with Gasteiger partial charge in [-0.05, 0) is 49.2 Å². The fourth-order valence-corrected chi connectivity index (χ4v) is 3.30. The van der Waals surface area contributed by atoms with E-state index in [2.05, 4.69) is 20.7 Å². The molecule has 0 bridgehead atoms. The lowest BCUT2D eigenvalue weighted by Crippen LogP contribution is -2.40. The first-order chi connectivity index (χ1) is 14.8. The minimum absolute atomic E-state index is 0.176. The van der Waals surface area contributed by atoms with Crippen molar-refractivity contribution in [1.82, 2.24) is 25.0 Å². The lowest BCUT2D eigenvalue weighted by atomic mass is 10.1. The second-order valence-electron chi connectivity index (χ2n) is 7.89. The number of rotatable bonds is 6. The monoisotopic (exact) mass is 418 g/mol. The van der Waals surface area contributed by atoms with Gasteiger partial charge in [-0.1, -0.05) is 24.3 Å². The van der Waals surface area contributed by atoms with Crippen LogP contribution in [-0.2, 0) is 17.9 Å². The largest absolute Gasteiger partial charge is 0.325 e. The van der Waals surface area contributed by atoms with Gasteiger partial charge >= 0.3 is 6.03 Å². The first-order valence-corrected chi connectivity index (χ1v) is 9.77. The molecule has 3 aromatic rings. The molecule has 31 heavy (non-hydrogen) atoms. The van der Waals surface area contributed by atoms with Crippen molar-refractivity contribution in [2.75, 3.05) is 5.32 Å². The van der Waals surface area contributed by atoms with Crippen molar-refractivity contribution in [1.29, 1.82) is 0 Å². The highest BCUT2D eigenvalue weighted by Gasteiger charge is 2.43. The van der Waals surface area contributed by atoms with Gasteiger partial charge in [-0.2, -0.15) is 5.10 Å². The molecular weight excluding hydrogens is 396 g/mol. The molecule has 1 aliphatic heterocycles. The molecule has 0 radical (unpaired) electrons. The lowest BCUT2D eigenvalue weighted by Gasteiger charge is -2.16. The predicted molar refractivity (Wildman–Crippen MR) is 113 cm³/mol. The summed E-state index contributed by atoms with van der Waals surface area (Å²) in [7, 11) is 0. The quantitative estimate of drug-likeness (QED) is 0.598. The zero-order chi connectivity index (χ0) is 22.0. The van der Waals surface area contributed by atoms with Crippen molar-refractivity contribution >= 4 is 23.5 Å². The number of imide groups is 1. The van der Waals surface area contributed by atoms with Gasteiger partial charge in [-0.25, -0.2) is 14.5 Å². The number of carbonyl (C=O) groups is 3. The first kappa shape index (κ1) is 20.3. The van der Waals surface area contributed by atoms with E-state index in [4.69, 9.17) is 0 Å². The van der Waals surface area contributed by atoms with Crippen LogP contribution in [0.4, 0.5) is 10.5 Å². The van der Waals surface area contributed by atoms with Gasteiger partial charge in [-0.15, -0.1) is 0 Å². The van der Waals surface area contributed by atoms with Gasteiger partial charge in [0.15, 0.2) is 0 Å². The Morgan fingerprint density at radius 2 is 1.65 bits per heavy atom. The van der Waals surface area contributed by atoms with E-state index in [9.17, 15) is 14.4 Å². The maximum absolute atomic E-state index is 12.5. The summed E-state index contributed by atoms with van der Waals surface area (Å²) in [6.07, 6.45) is 3.11. The molecule has 4 amide bonds. The van der Waals surface area contributed by atoms with E-state index in [-0.39, 0.29) is 18.4 Å². The van der Waals surface area contributed by atoms with E-state index in [1.165, 1.54) is 11.2 Å². The third kappa shape index (κ3) is 4.45. The summed E-state index contributed by atoms with van der Waals surface area (Å²) in [5.74, 6) is -0.488. The molecule has 2 heterocycles. The minimum atomic E-state index is -0.893. The van der Waals surface area contributed by atoms with E-state index in [0.717, 1.165) is 11.1 Å². The van der Waals surface area contributed by atoms with Crippen LogP contribution >= 0.6 is 0 Å². The average Bonchev–Trinajstić information content (AvgIpc) is 3.31.